The van der Waals surface area contributed by atoms with Gasteiger partial charge in [0.25, 0.3) is 5.91 Å². The molecule has 7 nitrogen and oxygen atoms in total. The van der Waals surface area contributed by atoms with Crippen molar-refractivity contribution in [1.29, 1.82) is 0 Å². The number of carbonyl (C=O) groups is 3. The van der Waals surface area contributed by atoms with Crippen molar-refractivity contribution >= 4 is 17.8 Å². The van der Waals surface area contributed by atoms with Crippen molar-refractivity contribution < 1.29 is 27.6 Å². The lowest BCUT2D eigenvalue weighted by molar-refractivity contribution is -0.138. The third kappa shape index (κ3) is 5.48. The minimum Gasteiger partial charge on any atom is -0.339 e. The third-order valence-corrected chi connectivity index (χ3v) is 5.80. The van der Waals surface area contributed by atoms with Crippen LogP contribution in [0.1, 0.15) is 35.7 Å². The number of urea groups is 1. The minimum atomic E-state index is -4.44. The monoisotopic (exact) mass is 440 g/mol. The summed E-state index contributed by atoms with van der Waals surface area (Å²) in [4.78, 5) is 42.4. The topological polar surface area (TPSA) is 73.0 Å². The molecular weight excluding hydrogens is 413 g/mol. The Kier molecular flexibility index (Phi) is 7.07. The van der Waals surface area contributed by atoms with Crippen LogP contribution in [0.5, 0.6) is 0 Å². The average molecular weight is 440 g/mol. The molecule has 0 radical (unpaired) electrons. The Morgan fingerprint density at radius 3 is 1.97 bits per heavy atom. The number of rotatable bonds is 3. The van der Waals surface area contributed by atoms with Gasteiger partial charge in [0, 0.05) is 57.3 Å². The van der Waals surface area contributed by atoms with Crippen LogP contribution in [-0.2, 0) is 11.0 Å². The predicted molar refractivity (Wildman–Crippen MR) is 107 cm³/mol. The Bertz CT molecular complexity index is 797. The van der Waals surface area contributed by atoms with Gasteiger partial charge in [-0.3, -0.25) is 9.59 Å². The third-order valence-electron chi connectivity index (χ3n) is 5.80. The van der Waals surface area contributed by atoms with E-state index in [1.807, 2.05) is 6.92 Å². The first-order valence-corrected chi connectivity index (χ1v) is 10.5. The molecule has 2 fully saturated rings. The number of hydrogen-bond acceptors (Lipinski definition) is 3. The summed E-state index contributed by atoms with van der Waals surface area (Å²) in [5, 5.41) is 2.75. The van der Waals surface area contributed by atoms with Crippen LogP contribution in [0.25, 0.3) is 0 Å². The van der Waals surface area contributed by atoms with Gasteiger partial charge >= 0.3 is 12.2 Å². The van der Waals surface area contributed by atoms with Crippen LogP contribution >= 0.6 is 0 Å². The van der Waals surface area contributed by atoms with Crippen LogP contribution in [0.2, 0.25) is 0 Å². The van der Waals surface area contributed by atoms with Gasteiger partial charge in [-0.25, -0.2) is 4.79 Å². The molecule has 2 aliphatic heterocycles. The molecule has 0 aromatic heterocycles. The number of amides is 4. The maximum atomic E-state index is 12.8. The lowest BCUT2D eigenvalue weighted by Crippen LogP contribution is -2.55. The van der Waals surface area contributed by atoms with Gasteiger partial charge < -0.3 is 20.0 Å². The van der Waals surface area contributed by atoms with E-state index >= 15 is 0 Å². The lowest BCUT2D eigenvalue weighted by Gasteiger charge is -2.38. The predicted octanol–water partition coefficient (Wildman–Crippen LogP) is 2.43. The summed E-state index contributed by atoms with van der Waals surface area (Å²) in [5.41, 5.74) is -0.583. The quantitative estimate of drug-likeness (QED) is 0.785. The van der Waals surface area contributed by atoms with Crippen molar-refractivity contribution in [3.05, 3.63) is 35.4 Å². The van der Waals surface area contributed by atoms with Gasteiger partial charge in [0.2, 0.25) is 5.91 Å². The number of benzene rings is 1. The van der Waals surface area contributed by atoms with Gasteiger partial charge in [-0.05, 0) is 44.0 Å². The van der Waals surface area contributed by atoms with Gasteiger partial charge in [0.1, 0.15) is 0 Å². The molecule has 0 atom stereocenters. The van der Waals surface area contributed by atoms with E-state index in [4.69, 9.17) is 0 Å². The van der Waals surface area contributed by atoms with Crippen LogP contribution in [0.3, 0.4) is 0 Å². The molecule has 1 aromatic rings. The molecule has 2 aliphatic rings. The van der Waals surface area contributed by atoms with Crippen molar-refractivity contribution in [3.63, 3.8) is 0 Å². The number of halogens is 3. The zero-order valence-corrected chi connectivity index (χ0v) is 17.5. The molecule has 3 rings (SSSR count). The summed E-state index contributed by atoms with van der Waals surface area (Å²) in [6.07, 6.45) is -3.41. The second kappa shape index (κ2) is 9.57. The SMILES string of the molecule is CCNC(=O)N1CCN(C(=O)C2CCN(C(=O)c3ccc(C(F)(F)F)cc3)CC2)CC1. The van der Waals surface area contributed by atoms with Crippen LogP contribution in [0.15, 0.2) is 24.3 Å². The maximum absolute atomic E-state index is 12.8. The first-order chi connectivity index (χ1) is 14.7. The summed E-state index contributed by atoms with van der Waals surface area (Å²) >= 11 is 0. The Morgan fingerprint density at radius 2 is 1.45 bits per heavy atom. The summed E-state index contributed by atoms with van der Waals surface area (Å²) in [6, 6.07) is 4.07. The highest BCUT2D eigenvalue weighted by Crippen LogP contribution is 2.29. The van der Waals surface area contributed by atoms with Crippen LogP contribution < -0.4 is 5.32 Å². The number of carbonyl (C=O) groups excluding carboxylic acids is 3. The highest BCUT2D eigenvalue weighted by atomic mass is 19.4. The fraction of sp³-hybridized carbons (Fsp3) is 0.571. The van der Waals surface area contributed by atoms with Crippen molar-refractivity contribution in [2.45, 2.75) is 25.9 Å². The lowest BCUT2D eigenvalue weighted by atomic mass is 9.94. The summed E-state index contributed by atoms with van der Waals surface area (Å²) in [5.74, 6) is -0.472. The standard InChI is InChI=1S/C21H27F3N4O3/c1-2-25-20(31)28-13-11-27(12-14-28)19(30)16-7-9-26(10-8-16)18(29)15-3-5-17(6-4-15)21(22,23)24/h3-6,16H,2,7-14H2,1H3,(H,25,31). The Morgan fingerprint density at radius 1 is 0.903 bits per heavy atom. The number of hydrogen-bond donors (Lipinski definition) is 1. The van der Waals surface area contributed by atoms with E-state index in [1.165, 1.54) is 12.1 Å². The van der Waals surface area contributed by atoms with Crippen molar-refractivity contribution in [2.24, 2.45) is 5.92 Å². The Balaban J connectivity index is 1.48. The van der Waals surface area contributed by atoms with Gasteiger partial charge in [0.15, 0.2) is 0 Å². The number of piperidine rings is 1. The van der Waals surface area contributed by atoms with Gasteiger partial charge in [-0.15, -0.1) is 0 Å². The summed E-state index contributed by atoms with van der Waals surface area (Å²) in [6.45, 7) is 5.13. The molecule has 2 saturated heterocycles. The molecule has 0 saturated carbocycles. The Labute approximate surface area is 179 Å². The van der Waals surface area contributed by atoms with Crippen LogP contribution in [0, 0.1) is 5.92 Å². The number of piperazine rings is 1. The molecule has 1 aromatic carbocycles. The van der Waals surface area contributed by atoms with Gasteiger partial charge in [0.05, 0.1) is 5.56 Å². The largest absolute Gasteiger partial charge is 0.416 e. The molecule has 0 bridgehead atoms. The zero-order valence-electron chi connectivity index (χ0n) is 17.5. The molecule has 1 N–H and O–H groups in total. The van der Waals surface area contributed by atoms with Crippen molar-refractivity contribution in [1.82, 2.24) is 20.0 Å². The Hall–Kier alpha value is -2.78. The van der Waals surface area contributed by atoms with Crippen molar-refractivity contribution in [3.8, 4) is 0 Å². The van der Waals surface area contributed by atoms with E-state index < -0.39 is 11.7 Å². The number of likely N-dealkylation sites (tertiary alicyclic amines) is 1. The highest BCUT2D eigenvalue weighted by molar-refractivity contribution is 5.94. The average Bonchev–Trinajstić information content (AvgIpc) is 2.78. The van der Waals surface area contributed by atoms with Crippen molar-refractivity contribution in [2.75, 3.05) is 45.8 Å². The number of nitrogens with zero attached hydrogens (tertiary/aromatic N) is 3. The van der Waals surface area contributed by atoms with E-state index in [2.05, 4.69) is 5.32 Å². The second-order valence-electron chi connectivity index (χ2n) is 7.79. The molecule has 4 amide bonds. The molecule has 170 valence electrons. The maximum Gasteiger partial charge on any atom is 0.416 e. The second-order valence-corrected chi connectivity index (χ2v) is 7.79. The first-order valence-electron chi connectivity index (χ1n) is 10.5. The molecule has 0 aliphatic carbocycles. The molecule has 10 heteroatoms. The molecule has 2 heterocycles. The van der Waals surface area contributed by atoms with E-state index in [1.54, 1.807) is 14.7 Å². The van der Waals surface area contributed by atoms with E-state index in [0.29, 0.717) is 58.7 Å². The smallest absolute Gasteiger partial charge is 0.339 e. The molecule has 0 spiro atoms. The van der Waals surface area contributed by atoms with E-state index in [0.717, 1.165) is 12.1 Å². The number of alkyl halides is 3. The molecular formula is C21H27F3N4O3. The van der Waals surface area contributed by atoms with E-state index in [9.17, 15) is 27.6 Å². The highest BCUT2D eigenvalue weighted by Gasteiger charge is 2.33. The van der Waals surface area contributed by atoms with Crippen LogP contribution in [0.4, 0.5) is 18.0 Å². The summed E-state index contributed by atoms with van der Waals surface area (Å²) in [7, 11) is 0. The number of nitrogens with one attached hydrogen (secondary N) is 1. The fourth-order valence-electron chi connectivity index (χ4n) is 3.97. The van der Waals surface area contributed by atoms with Crippen LogP contribution in [-0.4, -0.2) is 78.4 Å². The zero-order chi connectivity index (χ0) is 22.6. The molecule has 0 unspecified atom stereocenters. The first kappa shape index (κ1) is 22.9. The van der Waals surface area contributed by atoms with E-state index in [-0.39, 0.29) is 29.3 Å². The normalized spacial score (nSPS) is 18.1. The minimum absolute atomic E-state index is 0.0391. The van der Waals surface area contributed by atoms with Gasteiger partial charge in [-0.2, -0.15) is 13.2 Å². The summed E-state index contributed by atoms with van der Waals surface area (Å²) < 4.78 is 38.1. The van der Waals surface area contributed by atoms with Gasteiger partial charge in [-0.1, -0.05) is 0 Å². The molecule has 31 heavy (non-hydrogen) atoms. The fourth-order valence-corrected chi connectivity index (χ4v) is 3.97.